The number of ether oxygens (including phenoxy) is 2. The molecular formula is C29H34F8O2. The lowest BCUT2D eigenvalue weighted by Crippen LogP contribution is -2.28. The Balaban J connectivity index is 1.75. The van der Waals surface area contributed by atoms with E-state index in [9.17, 15) is 30.7 Å². The molecule has 218 valence electrons. The zero-order valence-electron chi connectivity index (χ0n) is 22.1. The lowest BCUT2D eigenvalue weighted by atomic mass is 9.76. The third kappa shape index (κ3) is 8.01. The molecule has 0 heterocycles. The van der Waals surface area contributed by atoms with Gasteiger partial charge in [-0.15, -0.1) is 0 Å². The molecule has 1 aliphatic carbocycles. The third-order valence-electron chi connectivity index (χ3n) is 7.29. The Kier molecular flexibility index (Phi) is 10.5. The fourth-order valence-electron chi connectivity index (χ4n) is 5.21. The van der Waals surface area contributed by atoms with Gasteiger partial charge in [0.05, 0.1) is 13.0 Å². The van der Waals surface area contributed by atoms with Gasteiger partial charge in [-0.1, -0.05) is 44.7 Å². The standard InChI is InChI=1S/C29H34F8O2/c1-3-5-6-7-18-8-10-19(11-9-18)21-13-15-22(24(26(21)31)29(35,36)37)39-28(33,34)17-16-20-12-14-23(38-4-2)27(32)25(20)30/h12-15,18-19H,3-11,16-17H2,1-2H3. The molecule has 2 aromatic rings. The zero-order valence-corrected chi connectivity index (χ0v) is 22.1. The molecule has 0 saturated heterocycles. The predicted octanol–water partition coefficient (Wildman–Crippen LogP) is 9.98. The van der Waals surface area contributed by atoms with Gasteiger partial charge in [0.15, 0.2) is 11.6 Å². The van der Waals surface area contributed by atoms with E-state index in [1.807, 2.05) is 0 Å². The molecule has 0 spiro atoms. The van der Waals surface area contributed by atoms with E-state index in [2.05, 4.69) is 11.7 Å². The summed E-state index contributed by atoms with van der Waals surface area (Å²) in [5.41, 5.74) is -2.47. The number of hydrogen-bond acceptors (Lipinski definition) is 2. The van der Waals surface area contributed by atoms with Gasteiger partial charge >= 0.3 is 12.3 Å². The molecule has 0 N–H and O–H groups in total. The quantitative estimate of drug-likeness (QED) is 0.188. The van der Waals surface area contributed by atoms with Crippen LogP contribution in [0.3, 0.4) is 0 Å². The van der Waals surface area contributed by atoms with Gasteiger partial charge in [0, 0.05) is 0 Å². The molecule has 0 unspecified atom stereocenters. The summed E-state index contributed by atoms with van der Waals surface area (Å²) in [6.07, 6.45) is -4.61. The van der Waals surface area contributed by atoms with Crippen molar-refractivity contribution in [1.82, 2.24) is 0 Å². The summed E-state index contributed by atoms with van der Waals surface area (Å²) in [6, 6.07) is 3.93. The van der Waals surface area contributed by atoms with Crippen LogP contribution in [-0.4, -0.2) is 12.7 Å². The highest BCUT2D eigenvalue weighted by Gasteiger charge is 2.43. The van der Waals surface area contributed by atoms with Gasteiger partial charge in [0.1, 0.15) is 17.1 Å². The van der Waals surface area contributed by atoms with E-state index < -0.39 is 71.1 Å². The van der Waals surface area contributed by atoms with Crippen LogP contribution in [0.4, 0.5) is 35.1 Å². The van der Waals surface area contributed by atoms with Crippen LogP contribution >= 0.6 is 0 Å². The maximum absolute atomic E-state index is 15.2. The zero-order chi connectivity index (χ0) is 28.8. The first-order chi connectivity index (χ1) is 18.4. The van der Waals surface area contributed by atoms with Gasteiger partial charge in [0.25, 0.3) is 0 Å². The highest BCUT2D eigenvalue weighted by molar-refractivity contribution is 5.42. The number of alkyl halides is 5. The molecule has 0 aliphatic heterocycles. The second-order valence-electron chi connectivity index (χ2n) is 10.1. The average Bonchev–Trinajstić information content (AvgIpc) is 2.86. The molecule has 10 heteroatoms. The molecule has 0 amide bonds. The molecule has 2 aromatic carbocycles. The maximum Gasteiger partial charge on any atom is 0.422 e. The lowest BCUT2D eigenvalue weighted by molar-refractivity contribution is -0.187. The summed E-state index contributed by atoms with van der Waals surface area (Å²) >= 11 is 0. The summed E-state index contributed by atoms with van der Waals surface area (Å²) in [4.78, 5) is 0. The third-order valence-corrected chi connectivity index (χ3v) is 7.29. The van der Waals surface area contributed by atoms with Crippen LogP contribution < -0.4 is 9.47 Å². The van der Waals surface area contributed by atoms with Crippen LogP contribution in [0.5, 0.6) is 11.5 Å². The Labute approximate surface area is 223 Å². The van der Waals surface area contributed by atoms with Crippen molar-refractivity contribution in [3.05, 3.63) is 58.4 Å². The van der Waals surface area contributed by atoms with Crippen molar-refractivity contribution in [2.24, 2.45) is 5.92 Å². The number of benzene rings is 2. The highest BCUT2D eigenvalue weighted by atomic mass is 19.4. The molecule has 1 fully saturated rings. The van der Waals surface area contributed by atoms with Gasteiger partial charge in [-0.25, -0.2) is 8.78 Å². The lowest BCUT2D eigenvalue weighted by Gasteiger charge is -2.30. The molecule has 0 bridgehead atoms. The molecule has 0 atom stereocenters. The highest BCUT2D eigenvalue weighted by Crippen LogP contribution is 2.45. The summed E-state index contributed by atoms with van der Waals surface area (Å²) in [5.74, 6) is -6.09. The maximum atomic E-state index is 15.2. The van der Waals surface area contributed by atoms with Crippen LogP contribution in [0.15, 0.2) is 24.3 Å². The van der Waals surface area contributed by atoms with E-state index in [4.69, 9.17) is 4.74 Å². The van der Waals surface area contributed by atoms with Gasteiger partial charge in [-0.2, -0.15) is 26.3 Å². The first-order valence-corrected chi connectivity index (χ1v) is 13.4. The van der Waals surface area contributed by atoms with Gasteiger partial charge in [-0.3, -0.25) is 0 Å². The Hall–Kier alpha value is -2.52. The van der Waals surface area contributed by atoms with Crippen LogP contribution in [0.1, 0.15) is 94.2 Å². The second-order valence-corrected chi connectivity index (χ2v) is 10.1. The van der Waals surface area contributed by atoms with Crippen LogP contribution in [-0.2, 0) is 12.6 Å². The molecule has 0 aromatic heterocycles. The largest absolute Gasteiger partial charge is 0.491 e. The van der Waals surface area contributed by atoms with Crippen LogP contribution in [0, 0.1) is 23.4 Å². The molecule has 3 rings (SSSR count). The minimum atomic E-state index is -5.28. The molecule has 1 saturated carbocycles. The number of aryl methyl sites for hydroxylation is 1. The predicted molar refractivity (Wildman–Crippen MR) is 132 cm³/mol. The van der Waals surface area contributed by atoms with Gasteiger partial charge in [0.2, 0.25) is 5.82 Å². The number of unbranched alkanes of at least 4 members (excludes halogenated alkanes) is 2. The first-order valence-electron chi connectivity index (χ1n) is 13.4. The first kappa shape index (κ1) is 31.0. The molecule has 2 nitrogen and oxygen atoms in total. The number of halogens is 8. The van der Waals surface area contributed by atoms with Crippen molar-refractivity contribution in [1.29, 1.82) is 0 Å². The van der Waals surface area contributed by atoms with E-state index in [0.29, 0.717) is 18.8 Å². The Morgan fingerprint density at radius 2 is 1.46 bits per heavy atom. The fourth-order valence-corrected chi connectivity index (χ4v) is 5.21. The summed E-state index contributed by atoms with van der Waals surface area (Å²) in [6.45, 7) is 3.70. The van der Waals surface area contributed by atoms with Crippen molar-refractivity contribution in [3.63, 3.8) is 0 Å². The summed E-state index contributed by atoms with van der Waals surface area (Å²) in [7, 11) is 0. The van der Waals surface area contributed by atoms with Crippen molar-refractivity contribution in [3.8, 4) is 11.5 Å². The van der Waals surface area contributed by atoms with E-state index in [1.165, 1.54) is 0 Å². The topological polar surface area (TPSA) is 18.5 Å². The van der Waals surface area contributed by atoms with E-state index >= 15 is 4.39 Å². The minimum Gasteiger partial charge on any atom is -0.491 e. The molecular weight excluding hydrogens is 532 g/mol. The Morgan fingerprint density at radius 3 is 2.08 bits per heavy atom. The molecule has 1 aliphatic rings. The molecule has 0 radical (unpaired) electrons. The smallest absolute Gasteiger partial charge is 0.422 e. The normalized spacial score (nSPS) is 18.3. The van der Waals surface area contributed by atoms with Crippen molar-refractivity contribution < 1.29 is 44.6 Å². The van der Waals surface area contributed by atoms with Gasteiger partial charge < -0.3 is 9.47 Å². The van der Waals surface area contributed by atoms with E-state index in [0.717, 1.165) is 62.8 Å². The SMILES string of the molecule is CCCCCC1CCC(c2ccc(OC(F)(F)CCc3ccc(OCC)c(F)c3F)c(C(F)(F)F)c2F)CC1. The number of hydrogen-bond donors (Lipinski definition) is 0. The van der Waals surface area contributed by atoms with Crippen molar-refractivity contribution >= 4 is 0 Å². The minimum absolute atomic E-state index is 0.0544. The van der Waals surface area contributed by atoms with Crippen molar-refractivity contribution in [2.75, 3.05) is 6.61 Å². The van der Waals surface area contributed by atoms with E-state index in [1.54, 1.807) is 6.92 Å². The average molecular weight is 567 g/mol. The summed E-state index contributed by atoms with van der Waals surface area (Å²) in [5, 5.41) is 0. The second kappa shape index (κ2) is 13.2. The number of rotatable bonds is 12. The Morgan fingerprint density at radius 1 is 0.795 bits per heavy atom. The van der Waals surface area contributed by atoms with E-state index in [-0.39, 0.29) is 12.2 Å². The van der Waals surface area contributed by atoms with Gasteiger partial charge in [-0.05, 0) is 74.1 Å². The summed E-state index contributed by atoms with van der Waals surface area (Å²) < 4.78 is 124. The van der Waals surface area contributed by atoms with Crippen LogP contribution in [0.25, 0.3) is 0 Å². The Bertz CT molecular complexity index is 1090. The van der Waals surface area contributed by atoms with Crippen LogP contribution in [0.2, 0.25) is 0 Å². The van der Waals surface area contributed by atoms with Crippen molar-refractivity contribution in [2.45, 2.75) is 96.3 Å². The molecule has 39 heavy (non-hydrogen) atoms. The monoisotopic (exact) mass is 566 g/mol. The fraction of sp³-hybridized carbons (Fsp3) is 0.586.